The summed E-state index contributed by atoms with van der Waals surface area (Å²) in [5.41, 5.74) is 3.20. The molecule has 2 amide bonds. The second-order valence-electron chi connectivity index (χ2n) is 7.87. The number of rotatable bonds is 11. The molecule has 2 atom stereocenters. The molecular weight excluding hydrogens is 545 g/mol. The van der Waals surface area contributed by atoms with Crippen molar-refractivity contribution in [1.82, 2.24) is 10.7 Å². The second-order valence-corrected chi connectivity index (χ2v) is 9.63. The normalized spacial score (nSPS) is 12.9. The van der Waals surface area contributed by atoms with Crippen molar-refractivity contribution in [3.05, 3.63) is 56.5 Å². The number of carbonyl (C=O) groups excluding carboxylic acids is 2. The molecule has 0 aromatic heterocycles. The van der Waals surface area contributed by atoms with Crippen molar-refractivity contribution >= 4 is 57.2 Å². The Hall–Kier alpha value is -2.29. The molecule has 2 aromatic carbocycles. The van der Waals surface area contributed by atoms with Gasteiger partial charge in [-0.1, -0.05) is 53.0 Å². The van der Waals surface area contributed by atoms with E-state index in [2.05, 4.69) is 31.8 Å². The third-order valence-electron chi connectivity index (χ3n) is 4.56. The summed E-state index contributed by atoms with van der Waals surface area (Å²) in [4.78, 5) is 25.5. The lowest BCUT2D eigenvalue weighted by Crippen LogP contribution is -2.49. The Labute approximate surface area is 218 Å². The van der Waals surface area contributed by atoms with Gasteiger partial charge in [0.1, 0.15) is 17.5 Å². The highest BCUT2D eigenvalue weighted by Gasteiger charge is 2.25. The molecule has 7 nitrogen and oxygen atoms in total. The van der Waals surface area contributed by atoms with Gasteiger partial charge in [0.2, 0.25) is 0 Å². The molecular formula is C24H28BrCl2N3O4. The molecule has 2 rings (SSSR count). The zero-order valence-electron chi connectivity index (χ0n) is 19.4. The average Bonchev–Trinajstić information content (AvgIpc) is 2.76. The number of amides is 2. The van der Waals surface area contributed by atoms with Crippen LogP contribution in [0.3, 0.4) is 0 Å². The number of benzene rings is 2. The highest BCUT2D eigenvalue weighted by molar-refractivity contribution is 9.10. The highest BCUT2D eigenvalue weighted by Crippen LogP contribution is 2.28. The van der Waals surface area contributed by atoms with Crippen LogP contribution in [0.1, 0.15) is 39.7 Å². The van der Waals surface area contributed by atoms with Crippen LogP contribution in [0.5, 0.6) is 11.5 Å². The first-order valence-electron chi connectivity index (χ1n) is 10.8. The molecule has 0 heterocycles. The molecule has 0 fully saturated rings. The van der Waals surface area contributed by atoms with Gasteiger partial charge in [-0.25, -0.2) is 5.43 Å². The number of carbonyl (C=O) groups is 2. The van der Waals surface area contributed by atoms with Crippen LogP contribution in [0.15, 0.2) is 46.0 Å². The quantitative estimate of drug-likeness (QED) is 0.271. The molecule has 0 aliphatic carbocycles. The van der Waals surface area contributed by atoms with E-state index in [9.17, 15) is 9.59 Å². The molecule has 0 bridgehead atoms. The molecule has 2 aromatic rings. The Morgan fingerprint density at radius 3 is 2.44 bits per heavy atom. The molecule has 34 heavy (non-hydrogen) atoms. The highest BCUT2D eigenvalue weighted by atomic mass is 79.9. The van der Waals surface area contributed by atoms with E-state index in [1.807, 2.05) is 39.0 Å². The first kappa shape index (κ1) is 28.0. The monoisotopic (exact) mass is 571 g/mol. The van der Waals surface area contributed by atoms with Gasteiger partial charge < -0.3 is 14.8 Å². The van der Waals surface area contributed by atoms with Crippen LogP contribution in [0.2, 0.25) is 10.0 Å². The topological polar surface area (TPSA) is 89.0 Å². The number of halogens is 3. The fourth-order valence-corrected chi connectivity index (χ4v) is 3.79. The van der Waals surface area contributed by atoms with Gasteiger partial charge in [0, 0.05) is 15.1 Å². The van der Waals surface area contributed by atoms with Crippen molar-refractivity contribution < 1.29 is 19.1 Å². The molecule has 10 heteroatoms. The van der Waals surface area contributed by atoms with Gasteiger partial charge >= 0.3 is 0 Å². The first-order chi connectivity index (χ1) is 16.1. The lowest BCUT2D eigenvalue weighted by molar-refractivity contribution is -0.132. The van der Waals surface area contributed by atoms with E-state index in [0.717, 1.165) is 4.47 Å². The van der Waals surface area contributed by atoms with Crippen molar-refractivity contribution in [3.8, 4) is 11.5 Å². The molecule has 0 aliphatic rings. The van der Waals surface area contributed by atoms with E-state index >= 15 is 0 Å². The summed E-state index contributed by atoms with van der Waals surface area (Å²) in [6.07, 6.45) is 1.03. The van der Waals surface area contributed by atoms with Crippen LogP contribution in [0.4, 0.5) is 0 Å². The van der Waals surface area contributed by atoms with Gasteiger partial charge in [-0.05, 0) is 62.6 Å². The van der Waals surface area contributed by atoms with E-state index in [4.69, 9.17) is 32.7 Å². The van der Waals surface area contributed by atoms with Crippen LogP contribution in [0, 0.1) is 5.92 Å². The predicted molar refractivity (Wildman–Crippen MR) is 139 cm³/mol. The van der Waals surface area contributed by atoms with Crippen molar-refractivity contribution in [2.45, 2.75) is 46.3 Å². The Bertz CT molecular complexity index is 1030. The van der Waals surface area contributed by atoms with Crippen LogP contribution in [0.25, 0.3) is 0 Å². The van der Waals surface area contributed by atoms with Gasteiger partial charge in [0.05, 0.1) is 17.8 Å². The molecule has 0 saturated heterocycles. The third-order valence-corrected chi connectivity index (χ3v) is 5.58. The fourth-order valence-electron chi connectivity index (χ4n) is 2.96. The lowest BCUT2D eigenvalue weighted by atomic mass is 10.0. The minimum absolute atomic E-state index is 0.150. The number of hydrogen-bond acceptors (Lipinski definition) is 5. The molecule has 0 saturated carbocycles. The van der Waals surface area contributed by atoms with E-state index in [0.29, 0.717) is 35.1 Å². The van der Waals surface area contributed by atoms with Crippen molar-refractivity contribution in [2.75, 3.05) is 6.61 Å². The van der Waals surface area contributed by atoms with Gasteiger partial charge in [-0.3, -0.25) is 9.59 Å². The summed E-state index contributed by atoms with van der Waals surface area (Å²) in [6.45, 7) is 7.87. The first-order valence-corrected chi connectivity index (χ1v) is 12.3. The SMILES string of the molecule is CCOc1ccc(Br)cc1/C=N\NC(=O)[C@H](CC(C)C)NC(=O)[C@H](C)Oc1ccc(Cl)cc1Cl. The molecule has 0 radical (unpaired) electrons. The summed E-state index contributed by atoms with van der Waals surface area (Å²) in [5.74, 6) is 0.214. The average molecular weight is 573 g/mol. The predicted octanol–water partition coefficient (Wildman–Crippen LogP) is 5.60. The molecule has 0 aliphatic heterocycles. The van der Waals surface area contributed by atoms with Crippen molar-refractivity contribution in [1.29, 1.82) is 0 Å². The maximum Gasteiger partial charge on any atom is 0.262 e. The fraction of sp³-hybridized carbons (Fsp3) is 0.375. The number of hydrazone groups is 1. The zero-order valence-corrected chi connectivity index (χ0v) is 22.5. The van der Waals surface area contributed by atoms with Crippen molar-refractivity contribution in [3.63, 3.8) is 0 Å². The van der Waals surface area contributed by atoms with E-state index < -0.39 is 24.0 Å². The number of hydrogen-bond donors (Lipinski definition) is 2. The van der Waals surface area contributed by atoms with Crippen LogP contribution in [-0.2, 0) is 9.59 Å². The maximum absolute atomic E-state index is 12.8. The van der Waals surface area contributed by atoms with E-state index in [1.54, 1.807) is 19.1 Å². The lowest BCUT2D eigenvalue weighted by Gasteiger charge is -2.22. The standard InChI is InChI=1S/C24H28BrCl2N3O4/c1-5-33-21-8-6-17(25)11-16(21)13-28-30-24(32)20(10-14(2)3)29-23(31)15(4)34-22-9-7-18(26)12-19(22)27/h6-9,11-15,20H,5,10H2,1-4H3,(H,29,31)(H,30,32)/b28-13-/t15-,20-/m0/s1. The van der Waals surface area contributed by atoms with Gasteiger partial charge in [0.15, 0.2) is 6.10 Å². The summed E-state index contributed by atoms with van der Waals surface area (Å²) in [7, 11) is 0. The molecule has 2 N–H and O–H groups in total. The molecule has 0 spiro atoms. The van der Waals surface area contributed by atoms with Crippen LogP contribution >= 0.6 is 39.1 Å². The Balaban J connectivity index is 2.05. The van der Waals surface area contributed by atoms with Gasteiger partial charge in [-0.15, -0.1) is 0 Å². The summed E-state index contributed by atoms with van der Waals surface area (Å²) >= 11 is 15.4. The zero-order chi connectivity index (χ0) is 25.3. The largest absolute Gasteiger partial charge is 0.493 e. The smallest absolute Gasteiger partial charge is 0.262 e. The maximum atomic E-state index is 12.8. The number of ether oxygens (including phenoxy) is 2. The Morgan fingerprint density at radius 2 is 1.79 bits per heavy atom. The minimum Gasteiger partial charge on any atom is -0.493 e. The Morgan fingerprint density at radius 1 is 1.09 bits per heavy atom. The number of nitrogens with zero attached hydrogens (tertiary/aromatic N) is 1. The van der Waals surface area contributed by atoms with E-state index in [-0.39, 0.29) is 10.9 Å². The van der Waals surface area contributed by atoms with E-state index in [1.165, 1.54) is 12.3 Å². The molecule has 0 unspecified atom stereocenters. The third kappa shape index (κ3) is 8.81. The van der Waals surface area contributed by atoms with Crippen LogP contribution < -0.4 is 20.2 Å². The second kappa shape index (κ2) is 13.6. The summed E-state index contributed by atoms with van der Waals surface area (Å²) in [6, 6.07) is 9.42. The van der Waals surface area contributed by atoms with Gasteiger partial charge in [-0.2, -0.15) is 5.10 Å². The minimum atomic E-state index is -0.889. The van der Waals surface area contributed by atoms with Gasteiger partial charge in [0.25, 0.3) is 11.8 Å². The Kier molecular flexibility index (Phi) is 11.1. The van der Waals surface area contributed by atoms with Crippen molar-refractivity contribution in [2.24, 2.45) is 11.0 Å². The number of nitrogens with one attached hydrogen (secondary N) is 2. The summed E-state index contributed by atoms with van der Waals surface area (Å²) in [5, 5.41) is 7.54. The molecule has 184 valence electrons. The summed E-state index contributed by atoms with van der Waals surface area (Å²) < 4.78 is 12.1. The van der Waals surface area contributed by atoms with Crippen LogP contribution in [-0.4, -0.2) is 36.8 Å².